The highest BCUT2D eigenvalue weighted by Crippen LogP contribution is 1.94. The Morgan fingerprint density at radius 2 is 2.19 bits per heavy atom. The second-order valence-electron chi connectivity index (χ2n) is 3.09. The van der Waals surface area contributed by atoms with E-state index in [-0.39, 0.29) is 25.6 Å². The molecule has 0 aromatic heterocycles. The van der Waals surface area contributed by atoms with E-state index in [0.717, 1.165) is 6.26 Å². The molecule has 0 atom stereocenters. The molecular formula is C7H14N4O4S. The fourth-order valence-corrected chi connectivity index (χ4v) is 1.44. The first-order valence-electron chi connectivity index (χ1n) is 4.36. The summed E-state index contributed by atoms with van der Waals surface area (Å²) in [7, 11) is -1.76. The highest BCUT2D eigenvalue weighted by atomic mass is 32.2. The molecule has 0 radical (unpaired) electrons. The standard InChI is InChI=1S/C7H14N4O4S/c1-15-6-11(3-4-16(2,13)14)7(12)5-9-10-8/h3-6H2,1-2H3. The molecule has 1 amide bonds. The van der Waals surface area contributed by atoms with Crippen LogP contribution in [0.5, 0.6) is 0 Å². The van der Waals surface area contributed by atoms with E-state index >= 15 is 0 Å². The Bertz CT molecular complexity index is 374. The van der Waals surface area contributed by atoms with Crippen LogP contribution in [0.4, 0.5) is 0 Å². The number of nitrogens with zero attached hydrogens (tertiary/aromatic N) is 4. The number of amides is 1. The van der Waals surface area contributed by atoms with E-state index in [0.29, 0.717) is 0 Å². The molecule has 0 saturated heterocycles. The maximum absolute atomic E-state index is 11.4. The molecule has 0 fully saturated rings. The van der Waals surface area contributed by atoms with Gasteiger partial charge in [0.15, 0.2) is 0 Å². The predicted octanol–water partition coefficient (Wildman–Crippen LogP) is -0.226. The van der Waals surface area contributed by atoms with E-state index < -0.39 is 15.7 Å². The summed E-state index contributed by atoms with van der Waals surface area (Å²) in [6, 6.07) is 0. The number of carbonyl (C=O) groups is 1. The molecule has 0 aliphatic rings. The van der Waals surface area contributed by atoms with Crippen LogP contribution in [0.25, 0.3) is 10.4 Å². The normalized spacial score (nSPS) is 10.6. The molecule has 9 heteroatoms. The fraction of sp³-hybridized carbons (Fsp3) is 0.857. The third kappa shape index (κ3) is 7.04. The molecule has 16 heavy (non-hydrogen) atoms. The Kier molecular flexibility index (Phi) is 6.47. The number of carbonyl (C=O) groups excluding carboxylic acids is 1. The minimum absolute atomic E-state index is 0.0203. The zero-order chi connectivity index (χ0) is 12.6. The average Bonchev–Trinajstić information content (AvgIpc) is 2.19. The fourth-order valence-electron chi connectivity index (χ4n) is 0.885. The van der Waals surface area contributed by atoms with Crippen LogP contribution in [0, 0.1) is 0 Å². The van der Waals surface area contributed by atoms with Crippen molar-refractivity contribution in [1.29, 1.82) is 0 Å². The van der Waals surface area contributed by atoms with E-state index in [4.69, 9.17) is 10.3 Å². The molecule has 0 spiro atoms. The topological polar surface area (TPSA) is 112 Å². The van der Waals surface area contributed by atoms with Crippen LogP contribution in [0.2, 0.25) is 0 Å². The SMILES string of the molecule is COCN(CCS(C)(=O)=O)C(=O)CN=[N+]=[N-]. The maximum Gasteiger partial charge on any atom is 0.230 e. The van der Waals surface area contributed by atoms with Gasteiger partial charge in [-0.15, -0.1) is 0 Å². The zero-order valence-electron chi connectivity index (χ0n) is 9.16. The van der Waals surface area contributed by atoms with E-state index in [1.54, 1.807) is 0 Å². The lowest BCUT2D eigenvalue weighted by molar-refractivity contribution is -0.133. The highest BCUT2D eigenvalue weighted by molar-refractivity contribution is 7.90. The molecule has 0 heterocycles. The van der Waals surface area contributed by atoms with Gasteiger partial charge in [0, 0.05) is 24.8 Å². The Morgan fingerprint density at radius 1 is 1.56 bits per heavy atom. The molecule has 0 rings (SSSR count). The smallest absolute Gasteiger partial charge is 0.230 e. The lowest BCUT2D eigenvalue weighted by Crippen LogP contribution is -2.37. The Hall–Kier alpha value is -1.31. The van der Waals surface area contributed by atoms with Gasteiger partial charge in [-0.1, -0.05) is 5.11 Å². The Morgan fingerprint density at radius 3 is 2.62 bits per heavy atom. The van der Waals surface area contributed by atoms with Crippen molar-refractivity contribution >= 4 is 15.7 Å². The van der Waals surface area contributed by atoms with E-state index in [2.05, 4.69) is 10.0 Å². The van der Waals surface area contributed by atoms with Crippen molar-refractivity contribution in [2.45, 2.75) is 0 Å². The van der Waals surface area contributed by atoms with Gasteiger partial charge in [0.05, 0.1) is 5.75 Å². The Labute approximate surface area is 93.7 Å². The number of azide groups is 1. The lowest BCUT2D eigenvalue weighted by Gasteiger charge is -2.20. The molecular weight excluding hydrogens is 236 g/mol. The van der Waals surface area contributed by atoms with Gasteiger partial charge in [-0.25, -0.2) is 8.42 Å². The predicted molar refractivity (Wildman–Crippen MR) is 57.3 cm³/mol. The van der Waals surface area contributed by atoms with Crippen molar-refractivity contribution in [3.63, 3.8) is 0 Å². The summed E-state index contributed by atoms with van der Waals surface area (Å²) in [6.45, 7) is -0.356. The molecule has 0 aliphatic carbocycles. The molecule has 8 nitrogen and oxygen atoms in total. The molecule has 92 valence electrons. The van der Waals surface area contributed by atoms with Crippen LogP contribution in [-0.4, -0.2) is 58.2 Å². The highest BCUT2D eigenvalue weighted by Gasteiger charge is 2.14. The molecule has 0 bridgehead atoms. The van der Waals surface area contributed by atoms with Crippen molar-refractivity contribution in [3.05, 3.63) is 10.4 Å². The van der Waals surface area contributed by atoms with E-state index in [9.17, 15) is 13.2 Å². The van der Waals surface area contributed by atoms with Gasteiger partial charge in [-0.05, 0) is 5.53 Å². The summed E-state index contributed by atoms with van der Waals surface area (Å²) in [5.74, 6) is -0.624. The zero-order valence-corrected chi connectivity index (χ0v) is 9.98. The molecule has 0 aliphatic heterocycles. The second kappa shape index (κ2) is 7.04. The first-order chi connectivity index (χ1) is 7.40. The van der Waals surface area contributed by atoms with Gasteiger partial charge >= 0.3 is 0 Å². The van der Waals surface area contributed by atoms with Crippen LogP contribution in [0.3, 0.4) is 0 Å². The molecule has 0 aromatic rings. The van der Waals surface area contributed by atoms with Gasteiger partial charge in [-0.2, -0.15) is 0 Å². The number of hydrogen-bond donors (Lipinski definition) is 0. The summed E-state index contributed by atoms with van der Waals surface area (Å²) in [5.41, 5.74) is 8.05. The van der Waals surface area contributed by atoms with Gasteiger partial charge in [0.2, 0.25) is 5.91 Å². The van der Waals surface area contributed by atoms with Crippen molar-refractivity contribution in [1.82, 2.24) is 4.90 Å². The van der Waals surface area contributed by atoms with Crippen molar-refractivity contribution in [2.75, 3.05) is 38.9 Å². The summed E-state index contributed by atoms with van der Waals surface area (Å²) in [4.78, 5) is 15.0. The number of methoxy groups -OCH3 is 1. The second-order valence-corrected chi connectivity index (χ2v) is 5.35. The van der Waals surface area contributed by atoms with Crippen molar-refractivity contribution < 1.29 is 17.9 Å². The molecule has 0 unspecified atom stereocenters. The number of rotatable bonds is 7. The molecule has 0 N–H and O–H groups in total. The lowest BCUT2D eigenvalue weighted by atomic mass is 10.5. The average molecular weight is 250 g/mol. The van der Waals surface area contributed by atoms with Crippen LogP contribution in [0.15, 0.2) is 5.11 Å². The van der Waals surface area contributed by atoms with Gasteiger partial charge in [0.25, 0.3) is 0 Å². The summed E-state index contributed by atoms with van der Waals surface area (Å²) >= 11 is 0. The third-order valence-electron chi connectivity index (χ3n) is 1.64. The largest absolute Gasteiger partial charge is 0.364 e. The number of ether oxygens (including phenoxy) is 1. The van der Waals surface area contributed by atoms with Crippen LogP contribution in [-0.2, 0) is 19.4 Å². The van der Waals surface area contributed by atoms with Crippen LogP contribution in [0.1, 0.15) is 0 Å². The van der Waals surface area contributed by atoms with E-state index in [1.807, 2.05) is 0 Å². The third-order valence-corrected chi connectivity index (χ3v) is 2.56. The monoisotopic (exact) mass is 250 g/mol. The van der Waals surface area contributed by atoms with Gasteiger partial charge < -0.3 is 9.64 Å². The first kappa shape index (κ1) is 14.7. The van der Waals surface area contributed by atoms with Crippen LogP contribution < -0.4 is 0 Å². The van der Waals surface area contributed by atoms with Gasteiger partial charge in [-0.3, -0.25) is 4.79 Å². The van der Waals surface area contributed by atoms with Crippen molar-refractivity contribution in [3.8, 4) is 0 Å². The number of sulfone groups is 1. The minimum Gasteiger partial charge on any atom is -0.364 e. The summed E-state index contributed by atoms with van der Waals surface area (Å²) in [5, 5.41) is 3.10. The Balaban J connectivity index is 4.36. The molecule has 0 aromatic carbocycles. The minimum atomic E-state index is -3.14. The van der Waals surface area contributed by atoms with Crippen molar-refractivity contribution in [2.24, 2.45) is 5.11 Å². The summed E-state index contributed by atoms with van der Waals surface area (Å²) < 4.78 is 26.6. The number of hydrogen-bond acceptors (Lipinski definition) is 5. The van der Waals surface area contributed by atoms with Crippen LogP contribution >= 0.6 is 0 Å². The van der Waals surface area contributed by atoms with E-state index in [1.165, 1.54) is 12.0 Å². The first-order valence-corrected chi connectivity index (χ1v) is 6.42. The van der Waals surface area contributed by atoms with Gasteiger partial charge in [0.1, 0.15) is 23.1 Å². The summed E-state index contributed by atoms with van der Waals surface area (Å²) in [6.07, 6.45) is 1.08. The molecule has 0 saturated carbocycles. The quantitative estimate of drug-likeness (QED) is 0.269. The maximum atomic E-state index is 11.4.